The quantitative estimate of drug-likeness (QED) is 0.894. The van der Waals surface area contributed by atoms with Crippen LogP contribution >= 0.6 is 11.3 Å². The van der Waals surface area contributed by atoms with Gasteiger partial charge in [0.05, 0.1) is 5.92 Å². The molecule has 2 heterocycles. The zero-order valence-electron chi connectivity index (χ0n) is 10.6. The Hall–Kier alpha value is -0.870. The Kier molecular flexibility index (Phi) is 3.16. The highest BCUT2D eigenvalue weighted by Gasteiger charge is 2.39. The van der Waals surface area contributed by atoms with Gasteiger partial charge in [0, 0.05) is 24.0 Å². The van der Waals surface area contributed by atoms with Crippen LogP contribution in [0.5, 0.6) is 0 Å². The predicted octanol–water partition coefficient (Wildman–Crippen LogP) is 2.78. The fourth-order valence-corrected chi connectivity index (χ4v) is 4.40. The van der Waals surface area contributed by atoms with Crippen LogP contribution in [0.4, 0.5) is 0 Å². The van der Waals surface area contributed by atoms with Gasteiger partial charge >= 0.3 is 5.97 Å². The summed E-state index contributed by atoms with van der Waals surface area (Å²) in [7, 11) is 0. The molecular weight excluding hydrogens is 246 g/mol. The Morgan fingerprint density at radius 3 is 3.06 bits per heavy atom. The molecule has 4 heteroatoms. The summed E-state index contributed by atoms with van der Waals surface area (Å²) >= 11 is 1.85. The Morgan fingerprint density at radius 1 is 1.50 bits per heavy atom. The van der Waals surface area contributed by atoms with Crippen molar-refractivity contribution in [1.29, 1.82) is 0 Å². The van der Waals surface area contributed by atoms with Gasteiger partial charge in [-0.2, -0.15) is 0 Å². The van der Waals surface area contributed by atoms with Gasteiger partial charge in [0.15, 0.2) is 0 Å². The minimum Gasteiger partial charge on any atom is -0.481 e. The summed E-state index contributed by atoms with van der Waals surface area (Å²) < 4.78 is 0. The van der Waals surface area contributed by atoms with E-state index < -0.39 is 5.97 Å². The van der Waals surface area contributed by atoms with Gasteiger partial charge < -0.3 is 5.11 Å². The molecule has 0 saturated carbocycles. The molecule has 0 bridgehead atoms. The summed E-state index contributed by atoms with van der Waals surface area (Å²) in [6.45, 7) is 3.71. The van der Waals surface area contributed by atoms with E-state index in [4.69, 9.17) is 0 Å². The predicted molar refractivity (Wildman–Crippen MR) is 71.9 cm³/mol. The fourth-order valence-electron chi connectivity index (χ4n) is 3.42. The molecule has 1 N–H and O–H groups in total. The summed E-state index contributed by atoms with van der Waals surface area (Å²) in [6, 6.07) is 2.70. The van der Waals surface area contributed by atoms with Crippen LogP contribution < -0.4 is 0 Å². The number of likely N-dealkylation sites (tertiary alicyclic amines) is 1. The Balaban J connectivity index is 1.80. The third-order valence-corrected chi connectivity index (χ3v) is 5.42. The van der Waals surface area contributed by atoms with Crippen LogP contribution in [0.3, 0.4) is 0 Å². The maximum absolute atomic E-state index is 11.2. The van der Waals surface area contributed by atoms with E-state index in [-0.39, 0.29) is 11.8 Å². The minimum atomic E-state index is -0.633. The van der Waals surface area contributed by atoms with E-state index in [9.17, 15) is 9.90 Å². The maximum Gasteiger partial charge on any atom is 0.308 e. The van der Waals surface area contributed by atoms with Crippen molar-refractivity contribution < 1.29 is 9.90 Å². The van der Waals surface area contributed by atoms with Crippen LogP contribution in [0, 0.1) is 11.8 Å². The maximum atomic E-state index is 11.2. The van der Waals surface area contributed by atoms with E-state index in [2.05, 4.69) is 23.3 Å². The molecule has 3 atom stereocenters. The second kappa shape index (κ2) is 4.67. The molecule has 1 aromatic heterocycles. The van der Waals surface area contributed by atoms with E-state index in [1.165, 1.54) is 29.7 Å². The highest BCUT2D eigenvalue weighted by Crippen LogP contribution is 2.40. The summed E-state index contributed by atoms with van der Waals surface area (Å²) in [5.41, 5.74) is 1.46. The van der Waals surface area contributed by atoms with Crippen molar-refractivity contribution in [3.63, 3.8) is 0 Å². The molecule has 1 aromatic rings. The number of rotatable bonds is 2. The van der Waals surface area contributed by atoms with Gasteiger partial charge in [-0.05, 0) is 42.2 Å². The van der Waals surface area contributed by atoms with Gasteiger partial charge in [0.1, 0.15) is 0 Å². The van der Waals surface area contributed by atoms with Crippen molar-refractivity contribution in [1.82, 2.24) is 4.90 Å². The Morgan fingerprint density at radius 2 is 2.33 bits per heavy atom. The molecule has 1 aliphatic carbocycles. The number of fused-ring (bicyclic) bond motifs is 1. The first kappa shape index (κ1) is 12.2. The molecule has 0 spiro atoms. The number of aliphatic carboxylic acids is 1. The van der Waals surface area contributed by atoms with Gasteiger partial charge in [-0.1, -0.05) is 6.92 Å². The van der Waals surface area contributed by atoms with Crippen molar-refractivity contribution in [2.24, 2.45) is 11.8 Å². The Bertz CT molecular complexity index is 456. The fraction of sp³-hybridized carbons (Fsp3) is 0.643. The molecule has 1 saturated heterocycles. The second-order valence-electron chi connectivity index (χ2n) is 5.58. The molecule has 0 amide bonds. The van der Waals surface area contributed by atoms with E-state index in [0.717, 1.165) is 13.1 Å². The van der Waals surface area contributed by atoms with E-state index >= 15 is 0 Å². The summed E-state index contributed by atoms with van der Waals surface area (Å²) in [5, 5.41) is 11.4. The molecule has 3 rings (SSSR count). The monoisotopic (exact) mass is 265 g/mol. The van der Waals surface area contributed by atoms with Gasteiger partial charge in [-0.25, -0.2) is 0 Å². The molecule has 98 valence electrons. The van der Waals surface area contributed by atoms with Crippen LogP contribution in [-0.2, 0) is 11.2 Å². The standard InChI is InChI=1S/C14H19NO2S/c1-9-7-15(8-11(9)14(16)17)12-3-2-4-13-10(12)5-6-18-13/h5-6,9,11-12H,2-4,7-8H2,1H3,(H,16,17)/t9-,11-,12?/m1/s1. The van der Waals surface area contributed by atoms with Gasteiger partial charge in [0.2, 0.25) is 0 Å². The molecule has 0 radical (unpaired) electrons. The molecule has 2 aliphatic rings. The van der Waals surface area contributed by atoms with Crippen LogP contribution in [-0.4, -0.2) is 29.1 Å². The number of carboxylic acids is 1. The largest absolute Gasteiger partial charge is 0.481 e. The zero-order chi connectivity index (χ0) is 12.7. The number of carboxylic acid groups (broad SMARTS) is 1. The molecule has 1 fully saturated rings. The Labute approximate surface area is 111 Å². The highest BCUT2D eigenvalue weighted by molar-refractivity contribution is 7.10. The first-order chi connectivity index (χ1) is 8.66. The van der Waals surface area contributed by atoms with E-state index in [0.29, 0.717) is 6.04 Å². The van der Waals surface area contributed by atoms with Gasteiger partial charge in [-0.3, -0.25) is 9.69 Å². The van der Waals surface area contributed by atoms with Crippen molar-refractivity contribution in [3.8, 4) is 0 Å². The molecule has 1 aliphatic heterocycles. The van der Waals surface area contributed by atoms with Gasteiger partial charge in [-0.15, -0.1) is 11.3 Å². The van der Waals surface area contributed by atoms with Crippen LogP contribution in [0.15, 0.2) is 11.4 Å². The summed E-state index contributed by atoms with van der Waals surface area (Å²) in [5.74, 6) is -0.549. The van der Waals surface area contributed by atoms with E-state index in [1.54, 1.807) is 0 Å². The van der Waals surface area contributed by atoms with Crippen molar-refractivity contribution in [3.05, 3.63) is 21.9 Å². The number of hydrogen-bond donors (Lipinski definition) is 1. The lowest BCUT2D eigenvalue weighted by Gasteiger charge is -2.31. The number of nitrogens with zero attached hydrogens (tertiary/aromatic N) is 1. The zero-order valence-corrected chi connectivity index (χ0v) is 11.4. The molecule has 1 unspecified atom stereocenters. The number of aryl methyl sites for hydroxylation is 1. The van der Waals surface area contributed by atoms with Gasteiger partial charge in [0.25, 0.3) is 0 Å². The highest BCUT2D eigenvalue weighted by atomic mass is 32.1. The SMILES string of the molecule is C[C@@H]1CN(C2CCCc3sccc32)C[C@H]1C(=O)O. The second-order valence-corrected chi connectivity index (χ2v) is 6.58. The lowest BCUT2D eigenvalue weighted by Crippen LogP contribution is -2.29. The average Bonchev–Trinajstić information content (AvgIpc) is 2.94. The molecule has 18 heavy (non-hydrogen) atoms. The third-order valence-electron chi connectivity index (χ3n) is 4.42. The lowest BCUT2D eigenvalue weighted by atomic mass is 9.93. The number of carbonyl (C=O) groups is 1. The first-order valence-electron chi connectivity index (χ1n) is 6.70. The van der Waals surface area contributed by atoms with Crippen molar-refractivity contribution in [2.75, 3.05) is 13.1 Å². The molecule has 0 aromatic carbocycles. The van der Waals surface area contributed by atoms with Crippen molar-refractivity contribution in [2.45, 2.75) is 32.2 Å². The summed E-state index contributed by atoms with van der Waals surface area (Å²) in [6.07, 6.45) is 3.62. The summed E-state index contributed by atoms with van der Waals surface area (Å²) in [4.78, 5) is 15.1. The third kappa shape index (κ3) is 1.97. The topological polar surface area (TPSA) is 40.5 Å². The van der Waals surface area contributed by atoms with E-state index in [1.807, 2.05) is 11.3 Å². The van der Waals surface area contributed by atoms with Crippen LogP contribution in [0.1, 0.15) is 36.2 Å². The van der Waals surface area contributed by atoms with Crippen LogP contribution in [0.25, 0.3) is 0 Å². The molecule has 3 nitrogen and oxygen atoms in total. The smallest absolute Gasteiger partial charge is 0.308 e. The minimum absolute atomic E-state index is 0.186. The lowest BCUT2D eigenvalue weighted by molar-refractivity contribution is -0.142. The first-order valence-corrected chi connectivity index (χ1v) is 7.58. The van der Waals surface area contributed by atoms with Crippen LogP contribution in [0.2, 0.25) is 0 Å². The number of thiophene rings is 1. The normalized spacial score (nSPS) is 32.4. The number of hydrogen-bond acceptors (Lipinski definition) is 3. The average molecular weight is 265 g/mol. The molecular formula is C14H19NO2S. The van der Waals surface area contributed by atoms with Crippen molar-refractivity contribution >= 4 is 17.3 Å².